The van der Waals surface area contributed by atoms with Gasteiger partial charge in [-0.15, -0.1) is 0 Å². The Hall–Kier alpha value is -1.46. The third-order valence-electron chi connectivity index (χ3n) is 2.70. The maximum absolute atomic E-state index is 11.5. The van der Waals surface area contributed by atoms with Crippen LogP contribution in [-0.2, 0) is 9.53 Å². The van der Waals surface area contributed by atoms with E-state index in [0.717, 1.165) is 18.7 Å². The third-order valence-corrected chi connectivity index (χ3v) is 2.70. The van der Waals surface area contributed by atoms with Gasteiger partial charge in [0.1, 0.15) is 6.04 Å². The van der Waals surface area contributed by atoms with Gasteiger partial charge in [0.15, 0.2) is 0 Å². The van der Waals surface area contributed by atoms with Crippen LogP contribution in [0.5, 0.6) is 0 Å². The highest BCUT2D eigenvalue weighted by molar-refractivity contribution is 5.81. The number of carbonyl (C=O) groups excluding carboxylic acids is 1. The molecule has 0 aliphatic carbocycles. The number of ether oxygens (including phenoxy) is 1. The number of amides is 1. The molecule has 5 nitrogen and oxygen atoms in total. The number of nitrogens with two attached hydrogens (primary N) is 1. The van der Waals surface area contributed by atoms with Crippen LogP contribution in [0.3, 0.4) is 0 Å². The molecular weight excluding hydrogens is 206 g/mol. The van der Waals surface area contributed by atoms with Crippen molar-refractivity contribution < 1.29 is 9.53 Å². The van der Waals surface area contributed by atoms with E-state index < -0.39 is 0 Å². The summed E-state index contributed by atoms with van der Waals surface area (Å²) in [5.74, 6) is -0.326. The smallest absolute Gasteiger partial charge is 0.239 e. The number of morpholine rings is 1. The average Bonchev–Trinajstić information content (AvgIpc) is 2.31. The minimum absolute atomic E-state index is 0.326. The summed E-state index contributed by atoms with van der Waals surface area (Å²) in [5, 5.41) is 0. The van der Waals surface area contributed by atoms with Gasteiger partial charge >= 0.3 is 0 Å². The Morgan fingerprint density at radius 3 is 2.56 bits per heavy atom. The van der Waals surface area contributed by atoms with Crippen molar-refractivity contribution in [2.45, 2.75) is 6.04 Å². The van der Waals surface area contributed by atoms with Crippen molar-refractivity contribution >= 4 is 5.91 Å². The first-order valence-corrected chi connectivity index (χ1v) is 5.30. The second-order valence-corrected chi connectivity index (χ2v) is 3.73. The van der Waals surface area contributed by atoms with Crippen LogP contribution in [0.4, 0.5) is 0 Å². The molecule has 2 rings (SSSR count). The zero-order chi connectivity index (χ0) is 11.4. The van der Waals surface area contributed by atoms with Gasteiger partial charge in [0, 0.05) is 25.5 Å². The Kier molecular flexibility index (Phi) is 3.48. The van der Waals surface area contributed by atoms with E-state index in [2.05, 4.69) is 4.98 Å². The number of hydrogen-bond acceptors (Lipinski definition) is 4. The van der Waals surface area contributed by atoms with Crippen LogP contribution in [0, 0.1) is 0 Å². The van der Waals surface area contributed by atoms with E-state index in [1.54, 1.807) is 12.4 Å². The molecule has 86 valence electrons. The van der Waals surface area contributed by atoms with Gasteiger partial charge in [-0.25, -0.2) is 0 Å². The van der Waals surface area contributed by atoms with Crippen molar-refractivity contribution in [2.24, 2.45) is 5.73 Å². The molecule has 2 N–H and O–H groups in total. The van der Waals surface area contributed by atoms with Crippen LogP contribution in [0.25, 0.3) is 0 Å². The molecule has 5 heteroatoms. The fourth-order valence-electron chi connectivity index (χ4n) is 1.94. The van der Waals surface area contributed by atoms with Crippen LogP contribution >= 0.6 is 0 Å². The minimum atomic E-state index is -0.369. The highest BCUT2D eigenvalue weighted by atomic mass is 16.5. The highest BCUT2D eigenvalue weighted by Gasteiger charge is 2.26. The monoisotopic (exact) mass is 221 g/mol. The molecule has 1 aliphatic heterocycles. The first-order valence-electron chi connectivity index (χ1n) is 5.30. The van der Waals surface area contributed by atoms with E-state index in [-0.39, 0.29) is 11.9 Å². The molecular formula is C11H15N3O2. The van der Waals surface area contributed by atoms with Crippen LogP contribution in [0.1, 0.15) is 11.6 Å². The zero-order valence-corrected chi connectivity index (χ0v) is 9.00. The summed E-state index contributed by atoms with van der Waals surface area (Å²) < 4.78 is 5.26. The molecule has 0 saturated carbocycles. The van der Waals surface area contributed by atoms with Gasteiger partial charge in [-0.2, -0.15) is 0 Å². The molecule has 1 unspecified atom stereocenters. The third kappa shape index (κ3) is 2.37. The topological polar surface area (TPSA) is 68.5 Å². The van der Waals surface area contributed by atoms with Crippen LogP contribution in [-0.4, -0.2) is 42.1 Å². The van der Waals surface area contributed by atoms with E-state index >= 15 is 0 Å². The van der Waals surface area contributed by atoms with E-state index in [0.29, 0.717) is 13.2 Å². The minimum Gasteiger partial charge on any atom is -0.379 e. The lowest BCUT2D eigenvalue weighted by atomic mass is 10.1. The average molecular weight is 221 g/mol. The van der Waals surface area contributed by atoms with Crippen LogP contribution in [0.2, 0.25) is 0 Å². The predicted molar refractivity (Wildman–Crippen MR) is 58.6 cm³/mol. The molecule has 0 aromatic carbocycles. The Bertz CT molecular complexity index is 350. The Balaban J connectivity index is 2.20. The van der Waals surface area contributed by atoms with Crippen LogP contribution in [0.15, 0.2) is 24.5 Å². The van der Waals surface area contributed by atoms with Gasteiger partial charge in [-0.1, -0.05) is 0 Å². The number of carbonyl (C=O) groups is 1. The fourth-order valence-corrected chi connectivity index (χ4v) is 1.94. The molecule has 1 aliphatic rings. The maximum atomic E-state index is 11.5. The number of pyridine rings is 1. The van der Waals surface area contributed by atoms with Crippen molar-refractivity contribution in [1.29, 1.82) is 0 Å². The van der Waals surface area contributed by atoms with Gasteiger partial charge in [-0.3, -0.25) is 14.7 Å². The number of rotatable bonds is 3. The summed E-state index contributed by atoms with van der Waals surface area (Å²) in [6.45, 7) is 2.76. The second-order valence-electron chi connectivity index (χ2n) is 3.73. The summed E-state index contributed by atoms with van der Waals surface area (Å²) in [5.41, 5.74) is 6.35. The lowest BCUT2D eigenvalue weighted by molar-refractivity contribution is -0.125. The summed E-state index contributed by atoms with van der Waals surface area (Å²) in [6, 6.07) is 3.28. The summed E-state index contributed by atoms with van der Waals surface area (Å²) in [6.07, 6.45) is 3.34. The lowest BCUT2D eigenvalue weighted by Crippen LogP contribution is -2.44. The largest absolute Gasteiger partial charge is 0.379 e. The summed E-state index contributed by atoms with van der Waals surface area (Å²) in [4.78, 5) is 17.5. The van der Waals surface area contributed by atoms with Gasteiger partial charge in [-0.05, 0) is 17.7 Å². The first-order chi connectivity index (χ1) is 7.79. The Morgan fingerprint density at radius 2 is 2.00 bits per heavy atom. The van der Waals surface area contributed by atoms with E-state index in [1.807, 2.05) is 17.0 Å². The van der Waals surface area contributed by atoms with Gasteiger partial charge in [0.25, 0.3) is 0 Å². The quantitative estimate of drug-likeness (QED) is 0.776. The molecule has 0 radical (unpaired) electrons. The van der Waals surface area contributed by atoms with Crippen molar-refractivity contribution in [3.63, 3.8) is 0 Å². The zero-order valence-electron chi connectivity index (χ0n) is 9.00. The summed E-state index contributed by atoms with van der Waals surface area (Å²) >= 11 is 0. The SMILES string of the molecule is NC(=O)C(c1ccncc1)N1CCOCC1. The van der Waals surface area contributed by atoms with Gasteiger partial charge < -0.3 is 10.5 Å². The van der Waals surface area contributed by atoms with Crippen molar-refractivity contribution in [3.8, 4) is 0 Å². The van der Waals surface area contributed by atoms with E-state index in [1.165, 1.54) is 0 Å². The van der Waals surface area contributed by atoms with Crippen LogP contribution < -0.4 is 5.73 Å². The molecule has 1 saturated heterocycles. The second kappa shape index (κ2) is 5.05. The molecule has 0 spiro atoms. The molecule has 1 fully saturated rings. The van der Waals surface area contributed by atoms with Crippen molar-refractivity contribution in [2.75, 3.05) is 26.3 Å². The fraction of sp³-hybridized carbons (Fsp3) is 0.455. The molecule has 1 aromatic heterocycles. The molecule has 16 heavy (non-hydrogen) atoms. The molecule has 2 heterocycles. The van der Waals surface area contributed by atoms with Gasteiger partial charge in [0.2, 0.25) is 5.91 Å². The standard InChI is InChI=1S/C11H15N3O2/c12-11(15)10(9-1-3-13-4-2-9)14-5-7-16-8-6-14/h1-4,10H,5-8H2,(H2,12,15). The van der Waals surface area contributed by atoms with Crippen molar-refractivity contribution in [1.82, 2.24) is 9.88 Å². The van der Waals surface area contributed by atoms with E-state index in [4.69, 9.17) is 10.5 Å². The Labute approximate surface area is 94.2 Å². The van der Waals surface area contributed by atoms with E-state index in [9.17, 15) is 4.79 Å². The predicted octanol–water partition coefficient (Wildman–Crippen LogP) is -0.0598. The first kappa shape index (κ1) is 11.0. The molecule has 0 bridgehead atoms. The molecule has 1 amide bonds. The number of aromatic nitrogens is 1. The van der Waals surface area contributed by atoms with Gasteiger partial charge in [0.05, 0.1) is 13.2 Å². The maximum Gasteiger partial charge on any atom is 0.239 e. The molecule has 1 aromatic rings. The normalized spacial score (nSPS) is 19.2. The van der Waals surface area contributed by atoms with Crippen molar-refractivity contribution in [3.05, 3.63) is 30.1 Å². The number of nitrogens with zero attached hydrogens (tertiary/aromatic N) is 2. The number of primary amides is 1. The highest BCUT2D eigenvalue weighted by Crippen LogP contribution is 2.20. The Morgan fingerprint density at radius 1 is 1.38 bits per heavy atom. The lowest BCUT2D eigenvalue weighted by Gasteiger charge is -2.32. The summed E-state index contributed by atoms with van der Waals surface area (Å²) in [7, 11) is 0. The number of hydrogen-bond donors (Lipinski definition) is 1. The molecule has 1 atom stereocenters.